The second-order valence-corrected chi connectivity index (χ2v) is 12.6. The van der Waals surface area contributed by atoms with Crippen molar-refractivity contribution in [1.29, 1.82) is 0 Å². The highest BCUT2D eigenvalue weighted by atomic mass is 32.2. The van der Waals surface area contributed by atoms with E-state index in [2.05, 4.69) is 49.7 Å². The van der Waals surface area contributed by atoms with Crippen molar-refractivity contribution in [3.63, 3.8) is 0 Å². The Kier molecular flexibility index (Phi) is 9.16. The van der Waals surface area contributed by atoms with Gasteiger partial charge in [-0.05, 0) is 85.5 Å². The summed E-state index contributed by atoms with van der Waals surface area (Å²) in [4.78, 5) is 35.0. The Morgan fingerprint density at radius 3 is 2.33 bits per heavy atom. The van der Waals surface area contributed by atoms with Crippen molar-refractivity contribution >= 4 is 29.4 Å². The molecule has 1 unspecified atom stereocenters. The van der Waals surface area contributed by atoms with E-state index in [9.17, 15) is 9.59 Å². The monoisotopic (exact) mass is 668 g/mol. The van der Waals surface area contributed by atoms with Gasteiger partial charge in [-0.25, -0.2) is 9.97 Å². The number of aryl methyl sites for hydroxylation is 1. The van der Waals surface area contributed by atoms with E-state index in [0.717, 1.165) is 33.9 Å². The van der Waals surface area contributed by atoms with Crippen LogP contribution >= 0.6 is 11.8 Å². The molecule has 0 fully saturated rings. The number of para-hydroxylation sites is 1. The van der Waals surface area contributed by atoms with Crippen molar-refractivity contribution in [2.75, 3.05) is 18.2 Å². The minimum Gasteiger partial charge on any atom is -0.497 e. The Morgan fingerprint density at radius 1 is 0.878 bits per heavy atom. The third-order valence-electron chi connectivity index (χ3n) is 8.23. The number of thioether (sulfide) groups is 1. The van der Waals surface area contributed by atoms with Gasteiger partial charge >= 0.3 is 0 Å². The molecule has 0 radical (unpaired) electrons. The van der Waals surface area contributed by atoms with Gasteiger partial charge in [0.15, 0.2) is 16.8 Å². The van der Waals surface area contributed by atoms with Crippen molar-refractivity contribution in [3.8, 4) is 34.3 Å². The summed E-state index contributed by atoms with van der Waals surface area (Å²) in [7, 11) is 1.62. The van der Waals surface area contributed by atoms with E-state index in [1.807, 2.05) is 90.4 Å². The molecule has 49 heavy (non-hydrogen) atoms. The van der Waals surface area contributed by atoms with Crippen LogP contribution in [0.15, 0.2) is 114 Å². The first kappa shape index (κ1) is 31.8. The van der Waals surface area contributed by atoms with Gasteiger partial charge in [0.05, 0.1) is 24.1 Å². The van der Waals surface area contributed by atoms with Crippen LogP contribution < -0.4 is 14.8 Å². The molecule has 1 amide bonds. The molecule has 1 aliphatic rings. The zero-order valence-corrected chi connectivity index (χ0v) is 27.7. The standard InChI is InChI=1S/C38H32N6O4S/c1-24-8-10-25(11-9-24)27-20-33-32(34(45)21-27)22-39-37(40-33)41-35(46)23-49-38-43-42-36(26-12-16-29(47-2)17-13-26)44(38)28-14-18-31(19-15-28)48-30-6-4-3-5-7-30/h3-19,22,27H,20-21,23H2,1-2H3,(H,39,40,41,46). The van der Waals surface area contributed by atoms with Crippen LogP contribution in [-0.4, -0.2) is 49.3 Å². The second kappa shape index (κ2) is 14.1. The van der Waals surface area contributed by atoms with Gasteiger partial charge in [-0.1, -0.05) is 59.8 Å². The van der Waals surface area contributed by atoms with Gasteiger partial charge in [-0.15, -0.1) is 10.2 Å². The highest BCUT2D eigenvalue weighted by Gasteiger charge is 2.28. The quantitative estimate of drug-likeness (QED) is 0.148. The van der Waals surface area contributed by atoms with Gasteiger partial charge in [0, 0.05) is 23.9 Å². The van der Waals surface area contributed by atoms with Crippen LogP contribution in [-0.2, 0) is 11.2 Å². The number of nitrogens with one attached hydrogen (secondary N) is 1. The number of hydrogen-bond donors (Lipinski definition) is 1. The van der Waals surface area contributed by atoms with Crippen molar-refractivity contribution in [1.82, 2.24) is 24.7 Å². The molecule has 2 aromatic heterocycles. The number of amides is 1. The zero-order chi connectivity index (χ0) is 33.7. The van der Waals surface area contributed by atoms with Gasteiger partial charge in [0.2, 0.25) is 11.9 Å². The number of Topliss-reactive ketones (excluding diaryl/α,β-unsaturated/α-hetero) is 1. The van der Waals surface area contributed by atoms with E-state index in [4.69, 9.17) is 9.47 Å². The van der Waals surface area contributed by atoms with Gasteiger partial charge in [0.1, 0.15) is 17.2 Å². The smallest absolute Gasteiger partial charge is 0.237 e. The Balaban J connectivity index is 1.09. The van der Waals surface area contributed by atoms with Gasteiger partial charge in [-0.2, -0.15) is 0 Å². The van der Waals surface area contributed by atoms with E-state index >= 15 is 0 Å². The molecule has 4 aromatic carbocycles. The third kappa shape index (κ3) is 7.21. The number of ketones is 1. The molecule has 6 aromatic rings. The maximum absolute atomic E-state index is 13.2. The highest BCUT2D eigenvalue weighted by Crippen LogP contribution is 2.33. The zero-order valence-electron chi connectivity index (χ0n) is 26.9. The van der Waals surface area contributed by atoms with Crippen LogP contribution in [0.1, 0.15) is 39.5 Å². The molecular weight excluding hydrogens is 637 g/mol. The molecule has 1 atom stereocenters. The molecule has 1 N–H and O–H groups in total. The van der Waals surface area contributed by atoms with Crippen LogP contribution in [0.3, 0.4) is 0 Å². The first-order valence-electron chi connectivity index (χ1n) is 15.7. The number of fused-ring (bicyclic) bond motifs is 1. The number of nitrogens with zero attached hydrogens (tertiary/aromatic N) is 5. The number of carbonyl (C=O) groups is 2. The van der Waals surface area contributed by atoms with Crippen molar-refractivity contribution in [3.05, 3.63) is 132 Å². The summed E-state index contributed by atoms with van der Waals surface area (Å²) < 4.78 is 13.2. The normalized spacial score (nSPS) is 13.8. The summed E-state index contributed by atoms with van der Waals surface area (Å²) in [6.07, 6.45) is 2.52. The third-order valence-corrected chi connectivity index (χ3v) is 9.16. The summed E-state index contributed by atoms with van der Waals surface area (Å²) in [5.41, 5.74) is 5.04. The molecule has 10 nitrogen and oxygen atoms in total. The molecule has 1 aliphatic carbocycles. The lowest BCUT2D eigenvalue weighted by molar-refractivity contribution is -0.113. The summed E-state index contributed by atoms with van der Waals surface area (Å²) in [6.45, 7) is 2.04. The number of rotatable bonds is 10. The van der Waals surface area contributed by atoms with E-state index in [1.165, 1.54) is 18.0 Å². The minimum atomic E-state index is -0.311. The Bertz CT molecular complexity index is 2100. The molecule has 11 heteroatoms. The van der Waals surface area contributed by atoms with Crippen molar-refractivity contribution in [2.24, 2.45) is 0 Å². The molecule has 0 aliphatic heterocycles. The van der Waals surface area contributed by atoms with E-state index in [0.29, 0.717) is 40.8 Å². The first-order valence-corrected chi connectivity index (χ1v) is 16.7. The lowest BCUT2D eigenvalue weighted by Crippen LogP contribution is -2.23. The fraction of sp³-hybridized carbons (Fsp3) is 0.158. The molecule has 244 valence electrons. The Morgan fingerprint density at radius 2 is 1.59 bits per heavy atom. The fourth-order valence-corrected chi connectivity index (χ4v) is 6.43. The van der Waals surface area contributed by atoms with Crippen molar-refractivity contribution in [2.45, 2.75) is 30.8 Å². The predicted octanol–water partition coefficient (Wildman–Crippen LogP) is 7.48. The summed E-state index contributed by atoms with van der Waals surface area (Å²) >= 11 is 1.24. The SMILES string of the molecule is COc1ccc(-c2nnc(SCC(=O)Nc3ncc4c(n3)CC(c3ccc(C)cc3)CC4=O)n2-c2ccc(Oc3ccccc3)cc2)cc1. The van der Waals surface area contributed by atoms with Gasteiger partial charge in [0.25, 0.3) is 0 Å². The minimum absolute atomic E-state index is 0.00641. The average molecular weight is 669 g/mol. The van der Waals surface area contributed by atoms with Gasteiger partial charge in [-0.3, -0.25) is 19.5 Å². The average Bonchev–Trinajstić information content (AvgIpc) is 3.55. The molecule has 0 saturated heterocycles. The highest BCUT2D eigenvalue weighted by molar-refractivity contribution is 7.99. The Hall–Kier alpha value is -5.81. The number of hydrogen-bond acceptors (Lipinski definition) is 9. The summed E-state index contributed by atoms with van der Waals surface area (Å²) in [5.74, 6) is 2.66. The molecule has 7 rings (SSSR count). The fourth-order valence-electron chi connectivity index (χ4n) is 5.68. The van der Waals surface area contributed by atoms with Crippen LogP contribution in [0, 0.1) is 6.92 Å². The topological polar surface area (TPSA) is 121 Å². The maximum Gasteiger partial charge on any atom is 0.237 e. The number of ether oxygens (including phenoxy) is 2. The van der Waals surface area contributed by atoms with Gasteiger partial charge < -0.3 is 9.47 Å². The predicted molar refractivity (Wildman–Crippen MR) is 188 cm³/mol. The van der Waals surface area contributed by atoms with Crippen LogP contribution in [0.2, 0.25) is 0 Å². The lowest BCUT2D eigenvalue weighted by atomic mass is 9.82. The summed E-state index contributed by atoms with van der Waals surface area (Å²) in [5, 5.41) is 12.3. The summed E-state index contributed by atoms with van der Waals surface area (Å²) in [6, 6.07) is 32.9. The molecule has 0 saturated carbocycles. The van der Waals surface area contributed by atoms with Crippen LogP contribution in [0.5, 0.6) is 17.2 Å². The number of benzene rings is 4. The van der Waals surface area contributed by atoms with Crippen molar-refractivity contribution < 1.29 is 19.1 Å². The molecule has 2 heterocycles. The molecule has 0 spiro atoms. The molecular formula is C38H32N6O4S. The lowest BCUT2D eigenvalue weighted by Gasteiger charge is -2.23. The maximum atomic E-state index is 13.2. The second-order valence-electron chi connectivity index (χ2n) is 11.6. The largest absolute Gasteiger partial charge is 0.497 e. The van der Waals surface area contributed by atoms with Crippen LogP contribution in [0.4, 0.5) is 5.95 Å². The number of aromatic nitrogens is 5. The number of carbonyl (C=O) groups excluding carboxylic acids is 2. The Labute approximate surface area is 287 Å². The van der Waals surface area contributed by atoms with E-state index < -0.39 is 0 Å². The van der Waals surface area contributed by atoms with Crippen LogP contribution in [0.25, 0.3) is 17.1 Å². The first-order chi connectivity index (χ1) is 23.9. The van der Waals surface area contributed by atoms with E-state index in [-0.39, 0.29) is 29.3 Å². The molecule has 0 bridgehead atoms. The number of anilines is 1. The number of methoxy groups -OCH3 is 1. The van der Waals surface area contributed by atoms with E-state index in [1.54, 1.807) is 7.11 Å².